The second-order valence-electron chi connectivity index (χ2n) is 8.95. The van der Waals surface area contributed by atoms with Crippen molar-refractivity contribution < 1.29 is 23.5 Å². The minimum atomic E-state index is -0.635. The van der Waals surface area contributed by atoms with Crippen LogP contribution < -0.4 is 10.6 Å². The van der Waals surface area contributed by atoms with Crippen LogP contribution in [0.2, 0.25) is 0 Å². The van der Waals surface area contributed by atoms with Crippen LogP contribution in [0.15, 0.2) is 71.3 Å². The summed E-state index contributed by atoms with van der Waals surface area (Å²) < 4.78 is 18.9. The molecule has 1 atom stereocenters. The van der Waals surface area contributed by atoms with E-state index in [4.69, 9.17) is 4.42 Å². The first-order chi connectivity index (χ1) is 19.2. The highest BCUT2D eigenvalue weighted by molar-refractivity contribution is 6.03. The number of phenols is 1. The van der Waals surface area contributed by atoms with Crippen LogP contribution in [-0.2, 0) is 4.79 Å². The number of aromatic nitrogens is 1. The van der Waals surface area contributed by atoms with Gasteiger partial charge in [-0.2, -0.15) is 5.26 Å². The molecule has 4 rings (SSSR count). The number of anilines is 2. The molecule has 0 aliphatic carbocycles. The van der Waals surface area contributed by atoms with Crippen molar-refractivity contribution in [3.8, 4) is 34.2 Å². The molecule has 2 aromatic heterocycles. The minimum absolute atomic E-state index is 0.00862. The zero-order valence-electron chi connectivity index (χ0n) is 22.2. The number of hydrogen-bond donors (Lipinski definition) is 3. The van der Waals surface area contributed by atoms with E-state index >= 15 is 0 Å². The van der Waals surface area contributed by atoms with Crippen molar-refractivity contribution in [2.24, 2.45) is 0 Å². The van der Waals surface area contributed by atoms with Gasteiger partial charge < -0.3 is 20.2 Å². The number of hydrogen-bond acceptors (Lipinski definition) is 7. The molecule has 0 saturated heterocycles. The minimum Gasteiger partial charge on any atom is -0.507 e. The lowest BCUT2D eigenvalue weighted by atomic mass is 9.97. The van der Waals surface area contributed by atoms with Crippen LogP contribution >= 0.6 is 0 Å². The number of phenolic OH excluding ortho intramolecular Hbond substituents is 1. The number of benzene rings is 2. The average molecular weight is 542 g/mol. The van der Waals surface area contributed by atoms with Gasteiger partial charge in [0.1, 0.15) is 23.2 Å². The van der Waals surface area contributed by atoms with E-state index in [2.05, 4.69) is 21.7 Å². The summed E-state index contributed by atoms with van der Waals surface area (Å²) in [5.41, 5.74) is 1.85. The Morgan fingerprint density at radius 2 is 1.85 bits per heavy atom. The number of carbonyl (C=O) groups excluding carboxylic acids is 2. The molecule has 0 saturated carbocycles. The van der Waals surface area contributed by atoms with Crippen LogP contribution in [0.4, 0.5) is 15.9 Å². The summed E-state index contributed by atoms with van der Waals surface area (Å²) in [7, 11) is 0. The van der Waals surface area contributed by atoms with Gasteiger partial charge in [-0.05, 0) is 68.0 Å². The van der Waals surface area contributed by atoms with Crippen molar-refractivity contribution in [2.45, 2.75) is 26.8 Å². The molecule has 0 spiro atoms. The fourth-order valence-corrected chi connectivity index (χ4v) is 4.36. The van der Waals surface area contributed by atoms with Gasteiger partial charge in [0.2, 0.25) is 5.91 Å². The number of aromatic hydroxyl groups is 1. The molecular weight excluding hydrogens is 513 g/mol. The summed E-state index contributed by atoms with van der Waals surface area (Å²) >= 11 is 0. The molecule has 0 aliphatic heterocycles. The second kappa shape index (κ2) is 12.2. The molecule has 0 aliphatic rings. The summed E-state index contributed by atoms with van der Waals surface area (Å²) in [6.07, 6.45) is 1.34. The van der Waals surface area contributed by atoms with Crippen LogP contribution in [0.3, 0.4) is 0 Å². The second-order valence-corrected chi connectivity index (χ2v) is 8.95. The van der Waals surface area contributed by atoms with E-state index in [1.165, 1.54) is 24.5 Å². The molecular formula is C30H28FN5O4. The Hall–Kier alpha value is -5.01. The molecule has 3 N–H and O–H groups in total. The summed E-state index contributed by atoms with van der Waals surface area (Å²) in [6.45, 7) is 7.25. The standard InChI is InChI=1S/C30H28FN5O4/c1-4-36(5-2)18(3)29(38)33-21-9-6-8-19(14-21)23-16-25(22-12-11-20(31)15-26(22)37)34-28(24(23)17-32)35-30(39)27-10-7-13-40-27/h6-16,18,37H,4-5H2,1-3H3,(H,33,38)(H,34,35,39). The molecule has 2 aromatic carbocycles. The molecule has 2 heterocycles. The zero-order valence-corrected chi connectivity index (χ0v) is 22.2. The van der Waals surface area contributed by atoms with Gasteiger partial charge in [0.25, 0.3) is 5.91 Å². The molecule has 1 unspecified atom stereocenters. The Bertz CT molecular complexity index is 1580. The highest BCUT2D eigenvalue weighted by Gasteiger charge is 2.22. The van der Waals surface area contributed by atoms with Crippen molar-refractivity contribution >= 4 is 23.3 Å². The number of likely N-dealkylation sites (N-methyl/N-ethyl adjacent to an activating group) is 1. The molecule has 4 aromatic rings. The first kappa shape index (κ1) is 28.0. The van der Waals surface area contributed by atoms with E-state index in [-0.39, 0.29) is 46.1 Å². The number of rotatable bonds is 9. The first-order valence-corrected chi connectivity index (χ1v) is 12.7. The van der Waals surface area contributed by atoms with Crippen LogP contribution in [0.1, 0.15) is 36.9 Å². The van der Waals surface area contributed by atoms with Crippen molar-refractivity contribution in [3.63, 3.8) is 0 Å². The van der Waals surface area contributed by atoms with E-state index in [9.17, 15) is 24.3 Å². The molecule has 0 radical (unpaired) electrons. The van der Waals surface area contributed by atoms with Crippen molar-refractivity contribution in [3.05, 3.63) is 84.1 Å². The summed E-state index contributed by atoms with van der Waals surface area (Å²) in [5, 5.41) is 26.1. The van der Waals surface area contributed by atoms with Gasteiger partial charge >= 0.3 is 0 Å². The highest BCUT2D eigenvalue weighted by Crippen LogP contribution is 2.36. The molecule has 204 valence electrons. The van der Waals surface area contributed by atoms with Gasteiger partial charge in [0.05, 0.1) is 18.0 Å². The van der Waals surface area contributed by atoms with Crippen LogP contribution in [-0.4, -0.2) is 45.9 Å². The fraction of sp³-hybridized carbons (Fsp3) is 0.200. The first-order valence-electron chi connectivity index (χ1n) is 12.7. The Kier molecular flexibility index (Phi) is 8.57. The Morgan fingerprint density at radius 3 is 2.50 bits per heavy atom. The van der Waals surface area contributed by atoms with E-state index in [1.807, 2.05) is 25.7 Å². The van der Waals surface area contributed by atoms with E-state index in [0.29, 0.717) is 16.8 Å². The number of pyridine rings is 1. The van der Waals surface area contributed by atoms with Gasteiger partial charge in [0, 0.05) is 22.9 Å². The smallest absolute Gasteiger partial charge is 0.292 e. The highest BCUT2D eigenvalue weighted by atomic mass is 19.1. The van der Waals surface area contributed by atoms with Crippen LogP contribution in [0.5, 0.6) is 5.75 Å². The van der Waals surface area contributed by atoms with Gasteiger partial charge in [-0.1, -0.05) is 26.0 Å². The third kappa shape index (κ3) is 6.00. The summed E-state index contributed by atoms with van der Waals surface area (Å²) in [5.74, 6) is -1.88. The monoisotopic (exact) mass is 541 g/mol. The lowest BCUT2D eigenvalue weighted by Crippen LogP contribution is -2.41. The Labute approximate surface area is 230 Å². The number of furan rings is 1. The van der Waals surface area contributed by atoms with E-state index in [0.717, 1.165) is 19.2 Å². The maximum Gasteiger partial charge on any atom is 0.292 e. The van der Waals surface area contributed by atoms with E-state index < -0.39 is 11.7 Å². The van der Waals surface area contributed by atoms with Crippen molar-refractivity contribution in [2.75, 3.05) is 23.7 Å². The predicted molar refractivity (Wildman–Crippen MR) is 149 cm³/mol. The van der Waals surface area contributed by atoms with Crippen LogP contribution in [0, 0.1) is 17.1 Å². The molecule has 10 heteroatoms. The quantitative estimate of drug-likeness (QED) is 0.250. The maximum absolute atomic E-state index is 13.7. The van der Waals surface area contributed by atoms with Gasteiger partial charge in [-0.25, -0.2) is 9.37 Å². The fourth-order valence-electron chi connectivity index (χ4n) is 4.36. The van der Waals surface area contributed by atoms with Gasteiger partial charge in [-0.15, -0.1) is 0 Å². The van der Waals surface area contributed by atoms with Crippen molar-refractivity contribution in [1.82, 2.24) is 9.88 Å². The molecule has 40 heavy (non-hydrogen) atoms. The number of nitrogens with one attached hydrogen (secondary N) is 2. The SMILES string of the molecule is CCN(CC)C(C)C(=O)Nc1cccc(-c2cc(-c3ccc(F)cc3O)nc(NC(=O)c3ccco3)c2C#N)c1. The summed E-state index contributed by atoms with van der Waals surface area (Å²) in [6, 6.07) is 16.7. The van der Waals surface area contributed by atoms with Crippen molar-refractivity contribution in [1.29, 1.82) is 5.26 Å². The predicted octanol–water partition coefficient (Wildman–Crippen LogP) is 5.65. The number of carbonyl (C=O) groups is 2. The Morgan fingerprint density at radius 1 is 1.07 bits per heavy atom. The lowest BCUT2D eigenvalue weighted by Gasteiger charge is -2.25. The van der Waals surface area contributed by atoms with Gasteiger partial charge in [0.15, 0.2) is 11.6 Å². The lowest BCUT2D eigenvalue weighted by molar-refractivity contribution is -0.120. The summed E-state index contributed by atoms with van der Waals surface area (Å²) in [4.78, 5) is 32.1. The van der Waals surface area contributed by atoms with E-state index in [1.54, 1.807) is 36.4 Å². The topological polar surface area (TPSA) is 131 Å². The number of nitrogens with zero attached hydrogens (tertiary/aromatic N) is 3. The maximum atomic E-state index is 13.7. The third-order valence-corrected chi connectivity index (χ3v) is 6.52. The number of halogens is 1. The normalized spacial score (nSPS) is 11.6. The number of nitriles is 1. The van der Waals surface area contributed by atoms with Crippen LogP contribution in [0.25, 0.3) is 22.4 Å². The zero-order chi connectivity index (χ0) is 28.8. The molecule has 9 nitrogen and oxygen atoms in total. The largest absolute Gasteiger partial charge is 0.507 e. The molecule has 0 bridgehead atoms. The van der Waals surface area contributed by atoms with Gasteiger partial charge in [-0.3, -0.25) is 14.5 Å². The number of amides is 2. The third-order valence-electron chi connectivity index (χ3n) is 6.52. The molecule has 2 amide bonds. The Balaban J connectivity index is 1.80. The molecule has 0 fully saturated rings. The average Bonchev–Trinajstić information content (AvgIpc) is 3.49.